The lowest BCUT2D eigenvalue weighted by molar-refractivity contribution is 0.358. The van der Waals surface area contributed by atoms with Gasteiger partial charge < -0.3 is 9.84 Å². The summed E-state index contributed by atoms with van der Waals surface area (Å²) < 4.78 is 31.2. The summed E-state index contributed by atoms with van der Waals surface area (Å²) in [7, 11) is 0. The van der Waals surface area contributed by atoms with E-state index in [4.69, 9.17) is 4.52 Å². The molecule has 2 rings (SSSR count). The molecule has 0 radical (unpaired) electrons. The zero-order valence-corrected chi connectivity index (χ0v) is 10.8. The van der Waals surface area contributed by atoms with Crippen molar-refractivity contribution in [2.75, 3.05) is 0 Å². The Morgan fingerprint density at radius 2 is 1.95 bits per heavy atom. The molecule has 0 aliphatic carbocycles. The topological polar surface area (TPSA) is 51.0 Å². The summed E-state index contributed by atoms with van der Waals surface area (Å²) in [5, 5.41) is 6.90. The van der Waals surface area contributed by atoms with Crippen molar-refractivity contribution in [3.63, 3.8) is 0 Å². The fraction of sp³-hybridized carbons (Fsp3) is 0.385. The molecule has 0 aliphatic heterocycles. The maximum Gasteiger partial charge on any atom is 0.240 e. The Labute approximate surface area is 109 Å². The lowest BCUT2D eigenvalue weighted by Gasteiger charge is -2.07. The lowest BCUT2D eigenvalue weighted by atomic mass is 10.2. The Kier molecular flexibility index (Phi) is 4.21. The quantitative estimate of drug-likeness (QED) is 0.905. The van der Waals surface area contributed by atoms with Gasteiger partial charge in [0.15, 0.2) is 0 Å². The van der Waals surface area contributed by atoms with E-state index in [9.17, 15) is 8.78 Å². The predicted molar refractivity (Wildman–Crippen MR) is 66.2 cm³/mol. The predicted octanol–water partition coefficient (Wildman–Crippen LogP) is 2.90. The zero-order valence-electron chi connectivity index (χ0n) is 10.8. The van der Waals surface area contributed by atoms with Crippen molar-refractivity contribution < 1.29 is 13.3 Å². The minimum Gasteiger partial charge on any atom is -0.338 e. The number of halogens is 2. The Hall–Kier alpha value is -1.82. The van der Waals surface area contributed by atoms with Crippen LogP contribution in [-0.2, 0) is 6.54 Å². The molecule has 0 saturated carbocycles. The minimum absolute atomic E-state index is 0.180. The zero-order chi connectivity index (χ0) is 13.8. The van der Waals surface area contributed by atoms with Crippen LogP contribution in [0.15, 0.2) is 22.7 Å². The van der Waals surface area contributed by atoms with Crippen LogP contribution in [0.4, 0.5) is 8.78 Å². The van der Waals surface area contributed by atoms with Gasteiger partial charge in [-0.25, -0.2) is 8.78 Å². The van der Waals surface area contributed by atoms with Crippen LogP contribution in [0.1, 0.15) is 26.2 Å². The van der Waals surface area contributed by atoms with Gasteiger partial charge in [0.2, 0.25) is 11.7 Å². The molecular formula is C13H15F2N3O. The monoisotopic (exact) mass is 267 g/mol. The molecule has 6 heteroatoms. The van der Waals surface area contributed by atoms with Gasteiger partial charge in [-0.3, -0.25) is 0 Å². The van der Waals surface area contributed by atoms with E-state index in [-0.39, 0.29) is 11.4 Å². The summed E-state index contributed by atoms with van der Waals surface area (Å²) in [5.74, 6) is -0.766. The normalized spacial score (nSPS) is 12.6. The van der Waals surface area contributed by atoms with Gasteiger partial charge in [0.1, 0.15) is 11.6 Å². The third-order valence-corrected chi connectivity index (χ3v) is 2.80. The second-order valence-electron chi connectivity index (χ2n) is 4.36. The molecule has 1 heterocycles. The van der Waals surface area contributed by atoms with Crippen LogP contribution in [-0.4, -0.2) is 16.2 Å². The van der Waals surface area contributed by atoms with E-state index in [0.717, 1.165) is 12.5 Å². The van der Waals surface area contributed by atoms with Gasteiger partial charge in [0.05, 0.1) is 6.54 Å². The number of hydrogen-bond donors (Lipinski definition) is 1. The molecule has 1 aromatic heterocycles. The van der Waals surface area contributed by atoms with E-state index in [1.165, 1.54) is 12.1 Å². The van der Waals surface area contributed by atoms with Gasteiger partial charge in [-0.1, -0.05) is 12.1 Å². The Bertz CT molecular complexity index is 536. The molecule has 1 unspecified atom stereocenters. The first kappa shape index (κ1) is 13.6. The number of nitrogens with one attached hydrogen (secondary N) is 1. The van der Waals surface area contributed by atoms with E-state index in [1.54, 1.807) is 0 Å². The first-order chi connectivity index (χ1) is 9.08. The highest BCUT2D eigenvalue weighted by atomic mass is 19.1. The fourth-order valence-corrected chi connectivity index (χ4v) is 1.53. The number of rotatable bonds is 5. The Morgan fingerprint density at radius 3 is 2.58 bits per heavy atom. The van der Waals surface area contributed by atoms with E-state index in [1.807, 2.05) is 6.92 Å². The van der Waals surface area contributed by atoms with Gasteiger partial charge in [-0.2, -0.15) is 4.98 Å². The van der Waals surface area contributed by atoms with Crippen LogP contribution in [0.2, 0.25) is 0 Å². The maximum absolute atomic E-state index is 13.1. The number of hydrogen-bond acceptors (Lipinski definition) is 4. The van der Waals surface area contributed by atoms with Crippen LogP contribution in [0, 0.1) is 11.6 Å². The van der Waals surface area contributed by atoms with Crippen LogP contribution < -0.4 is 5.32 Å². The van der Waals surface area contributed by atoms with Gasteiger partial charge in [-0.05, 0) is 25.5 Å². The molecule has 0 aliphatic rings. The van der Waals surface area contributed by atoms with Crippen molar-refractivity contribution in [2.45, 2.75) is 32.9 Å². The molecular weight excluding hydrogens is 252 g/mol. The highest BCUT2D eigenvalue weighted by molar-refractivity contribution is 5.54. The van der Waals surface area contributed by atoms with E-state index in [2.05, 4.69) is 22.4 Å². The minimum atomic E-state index is -0.668. The molecule has 1 N–H and O–H groups in total. The summed E-state index contributed by atoms with van der Waals surface area (Å²) in [6.07, 6.45) is 0.982. The Morgan fingerprint density at radius 1 is 1.26 bits per heavy atom. The summed E-state index contributed by atoms with van der Waals surface area (Å²) in [5.41, 5.74) is 0.260. The third kappa shape index (κ3) is 3.57. The van der Waals surface area contributed by atoms with Crippen molar-refractivity contribution in [3.8, 4) is 11.4 Å². The number of benzene rings is 1. The van der Waals surface area contributed by atoms with Gasteiger partial charge in [0.25, 0.3) is 0 Å². The molecule has 1 atom stereocenters. The summed E-state index contributed by atoms with van der Waals surface area (Å²) in [6, 6.07) is 3.47. The lowest BCUT2D eigenvalue weighted by Crippen LogP contribution is -2.24. The van der Waals surface area contributed by atoms with Crippen LogP contribution in [0.5, 0.6) is 0 Å². The summed E-state index contributed by atoms with van der Waals surface area (Å²) in [4.78, 5) is 4.10. The fourth-order valence-electron chi connectivity index (χ4n) is 1.53. The largest absolute Gasteiger partial charge is 0.338 e. The molecule has 0 fully saturated rings. The highest BCUT2D eigenvalue weighted by Gasteiger charge is 2.11. The van der Waals surface area contributed by atoms with Crippen LogP contribution in [0.25, 0.3) is 11.4 Å². The first-order valence-electron chi connectivity index (χ1n) is 6.11. The average Bonchev–Trinajstić information content (AvgIpc) is 2.83. The second kappa shape index (κ2) is 5.88. The molecule has 1 aromatic carbocycles. The smallest absolute Gasteiger partial charge is 0.240 e. The number of aromatic nitrogens is 2. The van der Waals surface area contributed by atoms with Crippen molar-refractivity contribution in [1.82, 2.24) is 15.5 Å². The SMILES string of the molecule is CCC(C)NCc1nc(-c2cc(F)cc(F)c2)no1. The van der Waals surface area contributed by atoms with Crippen LogP contribution >= 0.6 is 0 Å². The molecule has 0 bridgehead atoms. The van der Waals surface area contributed by atoms with Crippen LogP contribution in [0.3, 0.4) is 0 Å². The van der Waals surface area contributed by atoms with Crippen molar-refractivity contribution in [3.05, 3.63) is 35.7 Å². The van der Waals surface area contributed by atoms with E-state index in [0.29, 0.717) is 18.5 Å². The summed E-state index contributed by atoms with van der Waals surface area (Å²) >= 11 is 0. The van der Waals surface area contributed by atoms with Gasteiger partial charge in [0, 0.05) is 17.7 Å². The third-order valence-electron chi connectivity index (χ3n) is 2.80. The van der Waals surface area contributed by atoms with Gasteiger partial charge >= 0.3 is 0 Å². The average molecular weight is 267 g/mol. The maximum atomic E-state index is 13.1. The Balaban J connectivity index is 2.12. The molecule has 0 amide bonds. The molecule has 2 aromatic rings. The van der Waals surface area contributed by atoms with E-state index >= 15 is 0 Å². The molecule has 19 heavy (non-hydrogen) atoms. The molecule has 102 valence electrons. The van der Waals surface area contributed by atoms with Crippen molar-refractivity contribution >= 4 is 0 Å². The molecule has 0 saturated heterocycles. The highest BCUT2D eigenvalue weighted by Crippen LogP contribution is 2.18. The molecule has 0 spiro atoms. The van der Waals surface area contributed by atoms with Crippen molar-refractivity contribution in [2.24, 2.45) is 0 Å². The second-order valence-corrected chi connectivity index (χ2v) is 4.36. The summed E-state index contributed by atoms with van der Waals surface area (Å²) in [6.45, 7) is 4.53. The molecule has 4 nitrogen and oxygen atoms in total. The van der Waals surface area contributed by atoms with Crippen molar-refractivity contribution in [1.29, 1.82) is 0 Å². The van der Waals surface area contributed by atoms with E-state index < -0.39 is 11.6 Å². The first-order valence-corrected chi connectivity index (χ1v) is 6.11. The number of nitrogens with zero attached hydrogens (tertiary/aromatic N) is 2. The van der Waals surface area contributed by atoms with Gasteiger partial charge in [-0.15, -0.1) is 0 Å². The standard InChI is InChI=1S/C13H15F2N3O/c1-3-8(2)16-7-12-17-13(18-19-12)9-4-10(14)6-11(15)5-9/h4-6,8,16H,3,7H2,1-2H3.